The highest BCUT2D eigenvalue weighted by Gasteiger charge is 2.28. The first-order chi connectivity index (χ1) is 11.1. The van der Waals surface area contributed by atoms with Gasteiger partial charge in [0.1, 0.15) is 11.3 Å². The normalized spacial score (nSPS) is 18.0. The van der Waals surface area contributed by atoms with Gasteiger partial charge in [0.25, 0.3) is 11.9 Å². The first kappa shape index (κ1) is 13.7. The second-order valence-electron chi connectivity index (χ2n) is 5.57. The van der Waals surface area contributed by atoms with E-state index in [1.807, 2.05) is 4.90 Å². The van der Waals surface area contributed by atoms with Crippen molar-refractivity contribution in [3.05, 3.63) is 42.0 Å². The summed E-state index contributed by atoms with van der Waals surface area (Å²) >= 11 is 0. The number of carbonyl (C=O) groups is 1. The molecule has 0 aliphatic carbocycles. The van der Waals surface area contributed by atoms with Crippen LogP contribution in [0.4, 0.5) is 10.4 Å². The molecule has 1 fully saturated rings. The molecule has 1 amide bonds. The van der Waals surface area contributed by atoms with Crippen molar-refractivity contribution in [3.8, 4) is 0 Å². The Kier molecular flexibility index (Phi) is 3.03. The van der Waals surface area contributed by atoms with Gasteiger partial charge in [-0.1, -0.05) is 0 Å². The summed E-state index contributed by atoms with van der Waals surface area (Å²) in [5.41, 5.74) is 6.68. The lowest BCUT2D eigenvalue weighted by molar-refractivity contribution is 0.1000. The van der Waals surface area contributed by atoms with E-state index >= 15 is 0 Å². The molecule has 1 unspecified atom stereocenters. The van der Waals surface area contributed by atoms with Crippen LogP contribution in [0.1, 0.15) is 22.8 Å². The minimum absolute atomic E-state index is 0.106. The Morgan fingerprint density at radius 1 is 1.43 bits per heavy atom. The van der Waals surface area contributed by atoms with E-state index in [1.165, 1.54) is 18.3 Å². The number of aromatic nitrogens is 3. The van der Waals surface area contributed by atoms with Gasteiger partial charge in [0.15, 0.2) is 5.58 Å². The van der Waals surface area contributed by atoms with Crippen LogP contribution in [0, 0.1) is 5.82 Å². The zero-order valence-electron chi connectivity index (χ0n) is 12.1. The van der Waals surface area contributed by atoms with Crippen LogP contribution in [-0.2, 0) is 0 Å². The van der Waals surface area contributed by atoms with E-state index in [9.17, 15) is 9.18 Å². The minimum Gasteiger partial charge on any atom is -0.423 e. The molecule has 8 heteroatoms. The molecule has 7 nitrogen and oxygen atoms in total. The zero-order valence-corrected chi connectivity index (χ0v) is 12.1. The van der Waals surface area contributed by atoms with Gasteiger partial charge in [-0.25, -0.2) is 4.39 Å². The number of hydrogen-bond donors (Lipinski definition) is 1. The highest BCUT2D eigenvalue weighted by molar-refractivity contribution is 5.92. The maximum atomic E-state index is 13.2. The fourth-order valence-corrected chi connectivity index (χ4v) is 2.82. The molecule has 2 aromatic heterocycles. The summed E-state index contributed by atoms with van der Waals surface area (Å²) in [6.07, 6.45) is 3.96. The number of primary amides is 1. The first-order valence-electron chi connectivity index (χ1n) is 7.25. The summed E-state index contributed by atoms with van der Waals surface area (Å²) in [6, 6.07) is 4.85. The van der Waals surface area contributed by atoms with Crippen molar-refractivity contribution < 1.29 is 13.6 Å². The predicted octanol–water partition coefficient (Wildman–Crippen LogP) is 1.71. The molecule has 1 saturated heterocycles. The van der Waals surface area contributed by atoms with E-state index in [4.69, 9.17) is 10.2 Å². The maximum Gasteiger partial charge on any atom is 0.298 e. The molecule has 2 N–H and O–H groups in total. The topological polar surface area (TPSA) is 90.2 Å². The highest BCUT2D eigenvalue weighted by Crippen LogP contribution is 2.29. The second-order valence-corrected chi connectivity index (χ2v) is 5.57. The minimum atomic E-state index is -0.493. The number of oxazole rings is 1. The van der Waals surface area contributed by atoms with E-state index in [0.29, 0.717) is 29.2 Å². The fourth-order valence-electron chi connectivity index (χ4n) is 2.82. The quantitative estimate of drug-likeness (QED) is 0.794. The standard InChI is InChI=1S/C15H14FN5O2/c16-10-1-2-12-13(5-10)23-15(19-12)20-4-3-11(8-20)21-7-9(6-18-21)14(17)22/h1-2,5-7,11H,3-4,8H2,(H2,17,22). The fraction of sp³-hybridized carbons (Fsp3) is 0.267. The molecule has 118 valence electrons. The van der Waals surface area contributed by atoms with E-state index < -0.39 is 5.91 Å². The van der Waals surface area contributed by atoms with Crippen molar-refractivity contribution in [1.82, 2.24) is 14.8 Å². The molecule has 0 radical (unpaired) electrons. The van der Waals surface area contributed by atoms with Crippen LogP contribution in [0.25, 0.3) is 11.1 Å². The molecule has 1 atom stereocenters. The molecule has 0 saturated carbocycles. The van der Waals surface area contributed by atoms with Crippen LogP contribution in [-0.4, -0.2) is 33.8 Å². The molecule has 1 aliphatic rings. The Morgan fingerprint density at radius 2 is 2.30 bits per heavy atom. The lowest BCUT2D eigenvalue weighted by Crippen LogP contribution is -2.21. The Morgan fingerprint density at radius 3 is 3.09 bits per heavy atom. The molecule has 4 rings (SSSR count). The van der Waals surface area contributed by atoms with Crippen LogP contribution in [0.15, 0.2) is 35.0 Å². The summed E-state index contributed by atoms with van der Waals surface area (Å²) < 4.78 is 20.6. The Balaban J connectivity index is 1.55. The van der Waals surface area contributed by atoms with E-state index in [1.54, 1.807) is 16.9 Å². The average Bonchev–Trinajstić information content (AvgIpc) is 3.24. The van der Waals surface area contributed by atoms with Gasteiger partial charge in [0.05, 0.1) is 17.8 Å². The van der Waals surface area contributed by atoms with E-state index in [2.05, 4.69) is 10.1 Å². The predicted molar refractivity (Wildman–Crippen MR) is 80.6 cm³/mol. The summed E-state index contributed by atoms with van der Waals surface area (Å²) in [6.45, 7) is 1.39. The van der Waals surface area contributed by atoms with E-state index in [0.717, 1.165) is 13.0 Å². The number of hydrogen-bond acceptors (Lipinski definition) is 5. The Hall–Kier alpha value is -2.90. The molecule has 1 aromatic carbocycles. The van der Waals surface area contributed by atoms with Crippen molar-refractivity contribution in [1.29, 1.82) is 0 Å². The lowest BCUT2D eigenvalue weighted by atomic mass is 10.3. The number of amides is 1. The SMILES string of the molecule is NC(=O)c1cnn(C2CCN(c3nc4ccc(F)cc4o3)C2)c1. The van der Waals surface area contributed by atoms with Gasteiger partial charge >= 0.3 is 0 Å². The summed E-state index contributed by atoms with van der Waals surface area (Å²) in [7, 11) is 0. The molecular weight excluding hydrogens is 301 g/mol. The molecule has 3 heterocycles. The van der Waals surface area contributed by atoms with E-state index in [-0.39, 0.29) is 11.9 Å². The third-order valence-electron chi connectivity index (χ3n) is 4.03. The van der Waals surface area contributed by atoms with Gasteiger partial charge in [-0.3, -0.25) is 9.48 Å². The van der Waals surface area contributed by atoms with Gasteiger partial charge in [-0.05, 0) is 18.6 Å². The van der Waals surface area contributed by atoms with Gasteiger partial charge in [0.2, 0.25) is 0 Å². The van der Waals surface area contributed by atoms with Crippen molar-refractivity contribution in [2.75, 3.05) is 18.0 Å². The lowest BCUT2D eigenvalue weighted by Gasteiger charge is -2.13. The van der Waals surface area contributed by atoms with Crippen molar-refractivity contribution >= 4 is 23.0 Å². The number of anilines is 1. The Bertz CT molecular complexity index is 887. The average molecular weight is 315 g/mol. The molecule has 0 bridgehead atoms. The van der Waals surface area contributed by atoms with Crippen LogP contribution >= 0.6 is 0 Å². The molecule has 3 aromatic rings. The maximum absolute atomic E-state index is 13.2. The van der Waals surface area contributed by atoms with Crippen LogP contribution < -0.4 is 10.6 Å². The smallest absolute Gasteiger partial charge is 0.298 e. The van der Waals surface area contributed by atoms with Crippen molar-refractivity contribution in [2.45, 2.75) is 12.5 Å². The van der Waals surface area contributed by atoms with Gasteiger partial charge < -0.3 is 15.1 Å². The third kappa shape index (κ3) is 2.41. The monoisotopic (exact) mass is 315 g/mol. The number of fused-ring (bicyclic) bond motifs is 1. The van der Waals surface area contributed by atoms with Crippen LogP contribution in [0.2, 0.25) is 0 Å². The van der Waals surface area contributed by atoms with Crippen LogP contribution in [0.5, 0.6) is 0 Å². The second kappa shape index (κ2) is 5.08. The summed E-state index contributed by atoms with van der Waals surface area (Å²) in [4.78, 5) is 17.5. The highest BCUT2D eigenvalue weighted by atomic mass is 19.1. The molecule has 23 heavy (non-hydrogen) atoms. The number of rotatable bonds is 3. The number of carbonyl (C=O) groups excluding carboxylic acids is 1. The molecular formula is C15H14FN5O2. The summed E-state index contributed by atoms with van der Waals surface area (Å²) in [5.74, 6) is -0.845. The first-order valence-corrected chi connectivity index (χ1v) is 7.25. The third-order valence-corrected chi connectivity index (χ3v) is 4.03. The van der Waals surface area contributed by atoms with Crippen molar-refractivity contribution in [2.24, 2.45) is 5.73 Å². The Labute approximate surface area is 130 Å². The summed E-state index contributed by atoms with van der Waals surface area (Å²) in [5, 5.41) is 4.19. The van der Waals surface area contributed by atoms with Gasteiger partial charge in [-0.15, -0.1) is 0 Å². The number of nitrogens with two attached hydrogens (primary N) is 1. The van der Waals surface area contributed by atoms with Crippen LogP contribution in [0.3, 0.4) is 0 Å². The number of halogens is 1. The number of nitrogens with zero attached hydrogens (tertiary/aromatic N) is 4. The largest absolute Gasteiger partial charge is 0.423 e. The van der Waals surface area contributed by atoms with Gasteiger partial charge in [-0.2, -0.15) is 10.1 Å². The van der Waals surface area contributed by atoms with Gasteiger partial charge in [0, 0.05) is 25.4 Å². The number of benzene rings is 1. The molecule has 0 spiro atoms. The zero-order chi connectivity index (χ0) is 16.0. The van der Waals surface area contributed by atoms with Crippen molar-refractivity contribution in [3.63, 3.8) is 0 Å². The molecule has 1 aliphatic heterocycles.